The van der Waals surface area contributed by atoms with Gasteiger partial charge in [-0.3, -0.25) is 0 Å². The molecule has 0 saturated heterocycles. The van der Waals surface area contributed by atoms with Crippen LogP contribution in [0, 0.1) is 59.0 Å². The van der Waals surface area contributed by atoms with Crippen molar-refractivity contribution in [3.05, 3.63) is 448 Å². The first kappa shape index (κ1) is 104. The molecule has 0 spiro atoms. The van der Waals surface area contributed by atoms with Crippen molar-refractivity contribution in [2.75, 3.05) is 20.4 Å². The highest BCUT2D eigenvalue weighted by Gasteiger charge is 2.25. The Hall–Kier alpha value is -11.9. The summed E-state index contributed by atoms with van der Waals surface area (Å²) >= 11 is 13.0. The van der Waals surface area contributed by atoms with Gasteiger partial charge in [-0.15, -0.1) is 0 Å². The van der Waals surface area contributed by atoms with E-state index in [1.165, 1.54) is 262 Å². The average Bonchev–Trinajstić information content (AvgIpc) is 0.732. The lowest BCUT2D eigenvalue weighted by Crippen LogP contribution is -2.11. The molecule has 0 amide bonds. The molecule has 0 heterocycles. The van der Waals surface area contributed by atoms with Crippen molar-refractivity contribution < 1.29 is 0 Å². The van der Waals surface area contributed by atoms with E-state index >= 15 is 0 Å². The van der Waals surface area contributed by atoms with Crippen LogP contribution in [-0.2, 0) is 25.7 Å². The van der Waals surface area contributed by atoms with Gasteiger partial charge < -0.3 is 20.4 Å². The Labute approximate surface area is 888 Å². The van der Waals surface area contributed by atoms with Gasteiger partial charge in [-0.1, -0.05) is 347 Å². The molecule has 8 heteroatoms. The normalized spacial score (nSPS) is 11.1. The molecule has 2 N–H and O–H groups in total. The summed E-state index contributed by atoms with van der Waals surface area (Å²) in [5.74, 6) is 0. The Morgan fingerprint density at radius 1 is 0.197 bits per heavy atom. The van der Waals surface area contributed by atoms with Gasteiger partial charge in [0.2, 0.25) is 0 Å². The monoisotopic (exact) mass is 2170 g/mol. The molecule has 0 aromatic heterocycles. The Balaban J connectivity index is 0.000000202. The van der Waals surface area contributed by atoms with Crippen molar-refractivity contribution in [3.8, 4) is 89.0 Å². The summed E-state index contributed by atoms with van der Waals surface area (Å²) < 4.78 is 4.54. The number of anilines is 10. The second-order valence-electron chi connectivity index (χ2n) is 38.5. The summed E-state index contributed by atoms with van der Waals surface area (Å²) in [6.45, 7) is 27.3. The van der Waals surface area contributed by atoms with Gasteiger partial charge in [0, 0.05) is 73.9 Å². The van der Waals surface area contributed by atoms with E-state index in [9.17, 15) is 0 Å². The molecule has 17 aromatic rings. The van der Waals surface area contributed by atoms with Crippen molar-refractivity contribution >= 4 is 127 Å². The van der Waals surface area contributed by atoms with Crippen molar-refractivity contribution in [1.29, 1.82) is 0 Å². The largest absolute Gasteiger partial charge is 0.356 e. The van der Waals surface area contributed by atoms with Gasteiger partial charge in [0.15, 0.2) is 0 Å². The van der Waals surface area contributed by atoms with E-state index in [-0.39, 0.29) is 0 Å². The average molecular weight is 2170 g/mol. The smallest absolute Gasteiger partial charge is 0.0464 e. The van der Waals surface area contributed by atoms with Crippen LogP contribution in [0.4, 0.5) is 56.9 Å². The first-order valence-electron chi connectivity index (χ1n) is 51.7. The van der Waals surface area contributed by atoms with E-state index in [1.807, 2.05) is 12.1 Å². The van der Waals surface area contributed by atoms with Crippen molar-refractivity contribution in [1.82, 2.24) is 0 Å². The van der Waals surface area contributed by atoms with Gasteiger partial charge in [0.05, 0.1) is 0 Å². The van der Waals surface area contributed by atoms with Crippen LogP contribution in [0.5, 0.6) is 0 Å². The predicted octanol–water partition coefficient (Wildman–Crippen LogP) is 42.7. The number of nitrogens with one attached hydrogen (secondary N) is 2. The molecule has 4 nitrogen and oxygen atoms in total. The standard InChI is InChI=1S/C70H70Br2N2.C58H64N2.C6H4BrI/c1-7-9-11-15-25-55-47-70(68-42-38-64(46-52(68)6)74(60-33-29-58(72)30-34-60)62-36-40-66(50(4)44-62)54-23-19-14-20-24-54)56(26-16-12-10-8-2)48-69(55)67-41-37-63(45-51(67)5)73(59-31-27-57(71)28-32-59)61-35-39-65(49(3)43-61)53-21-17-13-18-22-53;1-7-9-11-15-25-47-39-58(56-34-30-52(38-44(56)6)60-50-28-32-54(42(4)36-50)46-23-19-14-20-24-46)48(26-16-12-10-8-2)40-57(47)55-33-29-51(37-43(55)5)59-49-27-31-53(41(3)35-49)45-21-17-13-18-22-45;7-5-1-3-6(8)4-2-5/h13-14,17-24,27-48H,7-12,15-16,25-26H2,1-6H3;13-14,17-24,27-40,59-60H,7-12,15-16,25-26H2,1-6H3;1-4H. The molecule has 722 valence electrons. The quantitative estimate of drug-likeness (QED) is 0.0298. The van der Waals surface area contributed by atoms with Crippen LogP contribution >= 0.6 is 70.4 Å². The molecule has 0 atom stereocenters. The molecule has 0 aliphatic carbocycles. The lowest BCUT2D eigenvalue weighted by Gasteiger charge is -2.28. The van der Waals surface area contributed by atoms with Gasteiger partial charge >= 0.3 is 0 Å². The van der Waals surface area contributed by atoms with E-state index in [2.05, 4.69) is 526 Å². The van der Waals surface area contributed by atoms with E-state index in [1.54, 1.807) is 0 Å². The van der Waals surface area contributed by atoms with Gasteiger partial charge in [-0.2, -0.15) is 0 Å². The Kier molecular flexibility index (Phi) is 38.2. The fraction of sp³-hybridized carbons (Fsp3) is 0.239. The molecule has 0 bridgehead atoms. The SMILES string of the molecule is Brc1ccc(I)cc1.CCCCCCc1cc(-c2ccc(N(c3ccc(Br)cc3)c3ccc(-c4ccccc4)c(C)c3)cc2C)c(CCCCCC)cc1-c1ccc(N(c2ccc(Br)cc2)c2ccc(-c3ccccc3)c(C)c2)cc1C.CCCCCCc1cc(-c2ccc(Nc3ccc(-c4ccccc4)c(C)c3)cc2C)c(CCCCCC)cc1-c1ccc(Nc2ccc(-c3ccccc3)c(C)c2)cc1C. The Morgan fingerprint density at radius 3 is 0.620 bits per heavy atom. The van der Waals surface area contributed by atoms with Crippen LogP contribution in [0.2, 0.25) is 0 Å². The number of halogens is 4. The van der Waals surface area contributed by atoms with E-state index in [4.69, 9.17) is 0 Å². The van der Waals surface area contributed by atoms with Crippen LogP contribution in [0.15, 0.2) is 377 Å². The number of nitrogens with zero attached hydrogens (tertiary/aromatic N) is 2. The number of hydrogen-bond acceptors (Lipinski definition) is 4. The minimum atomic E-state index is 1.05. The number of aryl methyl sites for hydroxylation is 12. The molecule has 0 aliphatic rings. The molecule has 0 unspecified atom stereocenters. The maximum absolute atomic E-state index is 3.72. The van der Waals surface area contributed by atoms with Gasteiger partial charge in [0.1, 0.15) is 0 Å². The Morgan fingerprint density at radius 2 is 0.401 bits per heavy atom. The summed E-state index contributed by atoms with van der Waals surface area (Å²) in [4.78, 5) is 4.81. The minimum absolute atomic E-state index is 1.05. The van der Waals surface area contributed by atoms with E-state index in [0.717, 1.165) is 96.0 Å². The molecule has 0 radical (unpaired) electrons. The summed E-state index contributed by atoms with van der Waals surface area (Å²) in [7, 11) is 0. The molecule has 0 saturated carbocycles. The van der Waals surface area contributed by atoms with E-state index < -0.39 is 0 Å². The number of benzene rings is 17. The highest BCUT2D eigenvalue weighted by Crippen LogP contribution is 2.47. The lowest BCUT2D eigenvalue weighted by atomic mass is 9.84. The summed E-state index contributed by atoms with van der Waals surface area (Å²) in [6, 6.07) is 134. The van der Waals surface area contributed by atoms with Crippen LogP contribution in [-0.4, -0.2) is 0 Å². The summed E-state index contributed by atoms with van der Waals surface area (Å²) in [6.07, 6.45) is 24.0. The first-order chi connectivity index (χ1) is 69.2. The lowest BCUT2D eigenvalue weighted by molar-refractivity contribution is 0.664. The highest BCUT2D eigenvalue weighted by atomic mass is 127. The second kappa shape index (κ2) is 51.9. The summed E-state index contributed by atoms with van der Waals surface area (Å²) in [5, 5.41) is 7.44. The fourth-order valence-corrected chi connectivity index (χ4v) is 21.3. The molecular formula is C134H138Br3IN4. The third kappa shape index (κ3) is 27.5. The van der Waals surface area contributed by atoms with Crippen molar-refractivity contribution in [2.24, 2.45) is 0 Å². The van der Waals surface area contributed by atoms with Crippen molar-refractivity contribution in [2.45, 2.75) is 212 Å². The minimum Gasteiger partial charge on any atom is -0.356 e. The Bertz CT molecular complexity index is 6590. The molecule has 0 aliphatic heterocycles. The maximum Gasteiger partial charge on any atom is 0.0464 e. The van der Waals surface area contributed by atoms with Crippen molar-refractivity contribution in [3.63, 3.8) is 0 Å². The van der Waals surface area contributed by atoms with Gasteiger partial charge in [0.25, 0.3) is 0 Å². The third-order valence-corrected chi connectivity index (χ3v) is 30.0. The molecule has 0 fully saturated rings. The number of rotatable bonds is 38. The van der Waals surface area contributed by atoms with Crippen LogP contribution in [0.1, 0.15) is 197 Å². The second-order valence-corrected chi connectivity index (χ2v) is 42.5. The van der Waals surface area contributed by atoms with E-state index in [0.29, 0.717) is 0 Å². The van der Waals surface area contributed by atoms with Gasteiger partial charge in [-0.05, 0) is 455 Å². The fourth-order valence-electron chi connectivity index (χ4n) is 20.1. The predicted molar refractivity (Wildman–Crippen MR) is 637 cm³/mol. The zero-order valence-electron chi connectivity index (χ0n) is 85.2. The van der Waals surface area contributed by atoms with Crippen LogP contribution < -0.4 is 20.4 Å². The molecule has 142 heavy (non-hydrogen) atoms. The highest BCUT2D eigenvalue weighted by molar-refractivity contribution is 14.1. The zero-order chi connectivity index (χ0) is 99.4. The third-order valence-electron chi connectivity index (χ3n) is 27.7. The molecule has 17 aromatic carbocycles. The van der Waals surface area contributed by atoms with Crippen LogP contribution in [0.3, 0.4) is 0 Å². The maximum atomic E-state index is 3.72. The topological polar surface area (TPSA) is 30.5 Å². The number of hydrogen-bond donors (Lipinski definition) is 2. The zero-order valence-corrected chi connectivity index (χ0v) is 92.1. The van der Waals surface area contributed by atoms with Gasteiger partial charge in [-0.25, -0.2) is 0 Å². The number of unbranched alkanes of at least 4 members (excludes halogenated alkanes) is 12. The molecule has 17 rings (SSSR count). The van der Waals surface area contributed by atoms with Crippen LogP contribution in [0.25, 0.3) is 89.0 Å². The first-order valence-corrected chi connectivity index (χ1v) is 55.1. The summed E-state index contributed by atoms with van der Waals surface area (Å²) in [5.41, 5.74) is 48.2. The molecular weight excluding hydrogens is 2030 g/mol.